The van der Waals surface area contributed by atoms with Crippen molar-refractivity contribution in [3.05, 3.63) is 36.5 Å². The molecule has 0 spiro atoms. The average Bonchev–Trinajstić information content (AvgIpc) is 2.92. The molecule has 4 fully saturated rings. The van der Waals surface area contributed by atoms with Crippen molar-refractivity contribution in [3.63, 3.8) is 0 Å². The van der Waals surface area contributed by atoms with Crippen molar-refractivity contribution in [1.29, 1.82) is 0 Å². The Morgan fingerprint density at radius 2 is 1.81 bits per heavy atom. The lowest BCUT2D eigenvalue weighted by molar-refractivity contribution is -0.153. The van der Waals surface area contributed by atoms with Gasteiger partial charge < -0.3 is 0 Å². The van der Waals surface area contributed by atoms with E-state index in [4.69, 9.17) is 0 Å². The molecule has 0 aromatic heterocycles. The normalized spacial score (nSPS) is 49.8. The Labute approximate surface area is 168 Å². The molecule has 150 valence electrons. The first-order valence-electron chi connectivity index (χ1n) is 11.7. The topological polar surface area (TPSA) is 0 Å². The smallest absolute Gasteiger partial charge is 0.00879 e. The fourth-order valence-corrected chi connectivity index (χ4v) is 8.57. The lowest BCUT2D eigenvalue weighted by atomic mass is 9.39. The zero-order valence-corrected chi connectivity index (χ0v) is 18.4. The fourth-order valence-electron chi connectivity index (χ4n) is 8.57. The molecule has 0 radical (unpaired) electrons. The Morgan fingerprint density at radius 3 is 2.56 bits per heavy atom. The Bertz CT molecular complexity index is 653. The van der Waals surface area contributed by atoms with Crippen molar-refractivity contribution in [1.82, 2.24) is 0 Å². The second-order valence-corrected chi connectivity index (χ2v) is 11.5. The summed E-state index contributed by atoms with van der Waals surface area (Å²) in [7, 11) is 0. The quantitative estimate of drug-likeness (QED) is 0.442. The van der Waals surface area contributed by atoms with Crippen molar-refractivity contribution >= 4 is 0 Å². The van der Waals surface area contributed by atoms with Crippen LogP contribution in [-0.4, -0.2) is 0 Å². The summed E-state index contributed by atoms with van der Waals surface area (Å²) in [6, 6.07) is 0. The van der Waals surface area contributed by atoms with Crippen LogP contribution in [-0.2, 0) is 0 Å². The number of hydrogen-bond acceptors (Lipinski definition) is 0. The van der Waals surface area contributed by atoms with Crippen LogP contribution in [0.25, 0.3) is 0 Å². The summed E-state index contributed by atoms with van der Waals surface area (Å²) in [4.78, 5) is 0. The van der Waals surface area contributed by atoms with Gasteiger partial charge in [-0.2, -0.15) is 0 Å². The van der Waals surface area contributed by atoms with E-state index in [1.165, 1.54) is 69.8 Å². The molecule has 0 saturated heterocycles. The van der Waals surface area contributed by atoms with Gasteiger partial charge in [-0.15, -0.1) is 0 Å². The molecule has 4 rings (SSSR count). The SMILES string of the molecule is C=C1CCC2(C)C3CCC4(C)C(=C)CCC4C3CC(C)(CCC=CC)C2C1. The first-order chi connectivity index (χ1) is 12.7. The molecular weight excluding hydrogens is 324 g/mol. The summed E-state index contributed by atoms with van der Waals surface area (Å²) < 4.78 is 0. The molecule has 0 aromatic rings. The van der Waals surface area contributed by atoms with Crippen LogP contribution < -0.4 is 0 Å². The molecule has 7 unspecified atom stereocenters. The van der Waals surface area contributed by atoms with Gasteiger partial charge in [0.15, 0.2) is 0 Å². The van der Waals surface area contributed by atoms with Crippen LogP contribution in [0.3, 0.4) is 0 Å². The Kier molecular flexibility index (Phi) is 4.80. The van der Waals surface area contributed by atoms with E-state index in [0.717, 1.165) is 23.7 Å². The molecule has 0 nitrogen and oxygen atoms in total. The summed E-state index contributed by atoms with van der Waals surface area (Å²) >= 11 is 0. The second kappa shape index (κ2) is 6.64. The predicted octanol–water partition coefficient (Wildman–Crippen LogP) is 8.11. The van der Waals surface area contributed by atoms with E-state index in [9.17, 15) is 0 Å². The van der Waals surface area contributed by atoms with Gasteiger partial charge >= 0.3 is 0 Å². The van der Waals surface area contributed by atoms with Gasteiger partial charge in [-0.25, -0.2) is 0 Å². The second-order valence-electron chi connectivity index (χ2n) is 11.5. The molecule has 0 heterocycles. The molecule has 0 aromatic carbocycles. The van der Waals surface area contributed by atoms with Crippen LogP contribution in [0.5, 0.6) is 0 Å². The first-order valence-corrected chi connectivity index (χ1v) is 11.7. The maximum Gasteiger partial charge on any atom is -0.00879 e. The third kappa shape index (κ3) is 2.84. The number of fused-ring (bicyclic) bond motifs is 5. The van der Waals surface area contributed by atoms with Crippen molar-refractivity contribution < 1.29 is 0 Å². The molecule has 0 amide bonds. The summed E-state index contributed by atoms with van der Waals surface area (Å²) in [6.45, 7) is 19.1. The van der Waals surface area contributed by atoms with Crippen LogP contribution in [0.15, 0.2) is 36.5 Å². The minimum absolute atomic E-state index is 0.437. The van der Waals surface area contributed by atoms with Gasteiger partial charge in [0.1, 0.15) is 0 Å². The van der Waals surface area contributed by atoms with Crippen molar-refractivity contribution in [2.24, 2.45) is 39.9 Å². The van der Waals surface area contributed by atoms with E-state index in [0.29, 0.717) is 16.2 Å². The number of rotatable bonds is 3. The lowest BCUT2D eigenvalue weighted by Crippen LogP contribution is -2.58. The highest BCUT2D eigenvalue weighted by Gasteiger charge is 2.62. The number of hydrogen-bond donors (Lipinski definition) is 0. The zero-order valence-electron chi connectivity index (χ0n) is 18.4. The predicted molar refractivity (Wildman–Crippen MR) is 118 cm³/mol. The van der Waals surface area contributed by atoms with Crippen LogP contribution >= 0.6 is 0 Å². The number of allylic oxidation sites excluding steroid dienone is 4. The maximum absolute atomic E-state index is 4.53. The maximum atomic E-state index is 4.53. The molecule has 27 heavy (non-hydrogen) atoms. The van der Waals surface area contributed by atoms with Crippen LogP contribution in [0.1, 0.15) is 91.9 Å². The van der Waals surface area contributed by atoms with E-state index < -0.39 is 0 Å². The van der Waals surface area contributed by atoms with E-state index in [1.54, 1.807) is 5.57 Å². The third-order valence-corrected chi connectivity index (χ3v) is 10.2. The minimum atomic E-state index is 0.437. The van der Waals surface area contributed by atoms with E-state index in [-0.39, 0.29) is 0 Å². The van der Waals surface area contributed by atoms with E-state index in [1.807, 2.05) is 0 Å². The summed E-state index contributed by atoms with van der Waals surface area (Å²) in [5.41, 5.74) is 4.54. The summed E-state index contributed by atoms with van der Waals surface area (Å²) in [5, 5.41) is 0. The molecule has 4 saturated carbocycles. The van der Waals surface area contributed by atoms with Gasteiger partial charge in [-0.1, -0.05) is 57.2 Å². The fraction of sp³-hybridized carbons (Fsp3) is 0.778. The van der Waals surface area contributed by atoms with Gasteiger partial charge in [-0.05, 0) is 111 Å². The van der Waals surface area contributed by atoms with E-state index in [2.05, 4.69) is 53.0 Å². The van der Waals surface area contributed by atoms with Gasteiger partial charge in [-0.3, -0.25) is 0 Å². The highest BCUT2D eigenvalue weighted by atomic mass is 14.7. The highest BCUT2D eigenvalue weighted by Crippen LogP contribution is 2.71. The van der Waals surface area contributed by atoms with Gasteiger partial charge in [0.2, 0.25) is 0 Å². The van der Waals surface area contributed by atoms with Gasteiger partial charge in [0.25, 0.3) is 0 Å². The lowest BCUT2D eigenvalue weighted by Gasteiger charge is -2.65. The largest absolute Gasteiger partial charge is 0.0999 e. The zero-order chi connectivity index (χ0) is 19.4. The molecule has 0 N–H and O–H groups in total. The van der Waals surface area contributed by atoms with Crippen LogP contribution in [0, 0.1) is 39.9 Å². The Hall–Kier alpha value is -0.780. The standard InChI is InChI=1S/C27H42/c1-7-8-9-14-25(4)18-21-22-11-10-20(3)26(22,5)16-13-23(21)27(6)15-12-19(2)17-24(25)27/h7-8,21-24H,2-3,9-18H2,1,4-6H3. The first kappa shape index (κ1) is 19.5. The van der Waals surface area contributed by atoms with Crippen molar-refractivity contribution in [2.75, 3.05) is 0 Å². The molecule has 4 aliphatic carbocycles. The Balaban J connectivity index is 1.72. The van der Waals surface area contributed by atoms with Gasteiger partial charge in [0.05, 0.1) is 0 Å². The van der Waals surface area contributed by atoms with Crippen molar-refractivity contribution in [3.8, 4) is 0 Å². The molecule has 7 atom stereocenters. The van der Waals surface area contributed by atoms with Crippen molar-refractivity contribution in [2.45, 2.75) is 91.9 Å². The molecule has 4 aliphatic rings. The molecule has 0 heteroatoms. The summed E-state index contributed by atoms with van der Waals surface area (Å²) in [5.74, 6) is 3.60. The van der Waals surface area contributed by atoms with E-state index >= 15 is 0 Å². The Morgan fingerprint density at radius 1 is 1.04 bits per heavy atom. The monoisotopic (exact) mass is 366 g/mol. The third-order valence-electron chi connectivity index (χ3n) is 10.2. The minimum Gasteiger partial charge on any atom is -0.0999 e. The average molecular weight is 367 g/mol. The molecule has 0 bridgehead atoms. The van der Waals surface area contributed by atoms with Crippen LogP contribution in [0.4, 0.5) is 0 Å². The highest BCUT2D eigenvalue weighted by molar-refractivity contribution is 5.23. The molecular formula is C27H42. The van der Waals surface area contributed by atoms with Crippen LogP contribution in [0.2, 0.25) is 0 Å². The molecule has 0 aliphatic heterocycles. The summed E-state index contributed by atoms with van der Waals surface area (Å²) in [6.07, 6.45) is 18.2. The van der Waals surface area contributed by atoms with Gasteiger partial charge in [0, 0.05) is 0 Å².